The summed E-state index contributed by atoms with van der Waals surface area (Å²) >= 11 is 0. The molecule has 3 aromatic carbocycles. The van der Waals surface area contributed by atoms with Gasteiger partial charge in [0.25, 0.3) is 5.91 Å². The van der Waals surface area contributed by atoms with Gasteiger partial charge in [0, 0.05) is 11.4 Å². The molecule has 0 saturated carbocycles. The zero-order valence-electron chi connectivity index (χ0n) is 15.3. The Morgan fingerprint density at radius 2 is 1.59 bits per heavy atom. The Bertz CT molecular complexity index is 964. The van der Waals surface area contributed by atoms with Crippen LogP contribution in [0.15, 0.2) is 72.8 Å². The van der Waals surface area contributed by atoms with E-state index in [0.717, 1.165) is 16.9 Å². The van der Waals surface area contributed by atoms with Crippen LogP contribution in [0.3, 0.4) is 0 Å². The SMILES string of the molecule is CC(C)c1ccc(N2C(=O)c3ccccc3NC2c2ccc(F)cc2)cc1. The lowest BCUT2D eigenvalue weighted by Gasteiger charge is -2.38. The third-order valence-corrected chi connectivity index (χ3v) is 4.95. The van der Waals surface area contributed by atoms with Gasteiger partial charge in [-0.2, -0.15) is 0 Å². The molecule has 1 aliphatic rings. The molecule has 136 valence electrons. The quantitative estimate of drug-likeness (QED) is 0.648. The lowest BCUT2D eigenvalue weighted by molar-refractivity contribution is 0.0975. The van der Waals surface area contributed by atoms with Gasteiger partial charge in [0.05, 0.1) is 5.56 Å². The molecule has 0 aliphatic carbocycles. The fourth-order valence-corrected chi connectivity index (χ4v) is 3.42. The van der Waals surface area contributed by atoms with Crippen LogP contribution in [-0.4, -0.2) is 5.91 Å². The average Bonchev–Trinajstić information content (AvgIpc) is 2.69. The third kappa shape index (κ3) is 3.19. The first-order valence-corrected chi connectivity index (χ1v) is 9.09. The molecule has 1 atom stereocenters. The van der Waals surface area contributed by atoms with Crippen LogP contribution in [-0.2, 0) is 0 Å². The molecular weight excluding hydrogens is 339 g/mol. The van der Waals surface area contributed by atoms with E-state index in [1.165, 1.54) is 17.7 Å². The molecule has 4 rings (SSSR count). The lowest BCUT2D eigenvalue weighted by atomic mass is 10.00. The van der Waals surface area contributed by atoms with Crippen molar-refractivity contribution in [3.63, 3.8) is 0 Å². The maximum absolute atomic E-state index is 13.4. The maximum Gasteiger partial charge on any atom is 0.262 e. The zero-order valence-corrected chi connectivity index (χ0v) is 15.3. The number of hydrogen-bond acceptors (Lipinski definition) is 2. The van der Waals surface area contributed by atoms with Crippen molar-refractivity contribution in [3.8, 4) is 0 Å². The molecule has 4 heteroatoms. The van der Waals surface area contributed by atoms with E-state index in [9.17, 15) is 9.18 Å². The van der Waals surface area contributed by atoms with E-state index in [1.54, 1.807) is 17.0 Å². The highest BCUT2D eigenvalue weighted by molar-refractivity contribution is 6.12. The molecule has 3 nitrogen and oxygen atoms in total. The van der Waals surface area contributed by atoms with E-state index in [0.29, 0.717) is 11.5 Å². The Morgan fingerprint density at radius 1 is 0.926 bits per heavy atom. The highest BCUT2D eigenvalue weighted by atomic mass is 19.1. The third-order valence-electron chi connectivity index (χ3n) is 4.95. The van der Waals surface area contributed by atoms with Crippen LogP contribution in [0.1, 0.15) is 47.4 Å². The topological polar surface area (TPSA) is 32.3 Å². The van der Waals surface area contributed by atoms with Gasteiger partial charge in [-0.1, -0.05) is 50.2 Å². The van der Waals surface area contributed by atoms with Gasteiger partial charge in [-0.25, -0.2) is 4.39 Å². The van der Waals surface area contributed by atoms with Crippen LogP contribution < -0.4 is 10.2 Å². The fourth-order valence-electron chi connectivity index (χ4n) is 3.42. The maximum atomic E-state index is 13.4. The number of halogens is 1. The van der Waals surface area contributed by atoms with E-state index in [4.69, 9.17) is 0 Å². The van der Waals surface area contributed by atoms with Crippen molar-refractivity contribution >= 4 is 17.3 Å². The highest BCUT2D eigenvalue weighted by Crippen LogP contribution is 2.37. The number of para-hydroxylation sites is 1. The molecule has 1 heterocycles. The number of nitrogens with one attached hydrogen (secondary N) is 1. The molecule has 1 amide bonds. The van der Waals surface area contributed by atoms with Gasteiger partial charge in [0.15, 0.2) is 0 Å². The molecule has 0 radical (unpaired) electrons. The van der Waals surface area contributed by atoms with Gasteiger partial charge in [-0.15, -0.1) is 0 Å². The van der Waals surface area contributed by atoms with Gasteiger partial charge < -0.3 is 5.32 Å². The van der Waals surface area contributed by atoms with Crippen molar-refractivity contribution in [1.82, 2.24) is 0 Å². The average molecular weight is 360 g/mol. The Kier molecular flexibility index (Phi) is 4.40. The molecule has 27 heavy (non-hydrogen) atoms. The summed E-state index contributed by atoms with van der Waals surface area (Å²) < 4.78 is 13.4. The molecule has 3 aromatic rings. The smallest absolute Gasteiger partial charge is 0.262 e. The number of fused-ring (bicyclic) bond motifs is 1. The number of rotatable bonds is 3. The van der Waals surface area contributed by atoms with Crippen molar-refractivity contribution in [1.29, 1.82) is 0 Å². The van der Waals surface area contributed by atoms with Crippen LogP contribution >= 0.6 is 0 Å². The largest absolute Gasteiger partial charge is 0.360 e. The van der Waals surface area contributed by atoms with Crippen molar-refractivity contribution in [2.75, 3.05) is 10.2 Å². The first kappa shape index (κ1) is 17.3. The van der Waals surface area contributed by atoms with Crippen molar-refractivity contribution in [2.45, 2.75) is 25.9 Å². The minimum atomic E-state index is -0.405. The van der Waals surface area contributed by atoms with E-state index in [-0.39, 0.29) is 11.7 Å². The monoisotopic (exact) mass is 360 g/mol. The standard InChI is InChI=1S/C23H21FN2O/c1-15(2)16-9-13-19(14-10-16)26-22(17-7-11-18(24)12-8-17)25-21-6-4-3-5-20(21)23(26)27/h3-15,22,25H,1-2H3. The molecule has 0 aromatic heterocycles. The van der Waals surface area contributed by atoms with Crippen molar-refractivity contribution in [3.05, 3.63) is 95.3 Å². The Hall–Kier alpha value is -3.14. The minimum absolute atomic E-state index is 0.0732. The molecule has 1 unspecified atom stereocenters. The van der Waals surface area contributed by atoms with E-state index in [1.807, 2.05) is 36.4 Å². The molecule has 0 fully saturated rings. The number of amides is 1. The molecule has 0 saturated heterocycles. The summed E-state index contributed by atoms with van der Waals surface area (Å²) in [5, 5.41) is 3.43. The fraction of sp³-hybridized carbons (Fsp3) is 0.174. The van der Waals surface area contributed by atoms with Crippen LogP contribution in [0.2, 0.25) is 0 Å². The van der Waals surface area contributed by atoms with E-state index < -0.39 is 6.17 Å². The van der Waals surface area contributed by atoms with Crippen LogP contribution in [0.4, 0.5) is 15.8 Å². The minimum Gasteiger partial charge on any atom is -0.360 e. The normalized spacial score (nSPS) is 16.2. The van der Waals surface area contributed by atoms with E-state index >= 15 is 0 Å². The summed E-state index contributed by atoms with van der Waals surface area (Å²) in [6.45, 7) is 4.28. The predicted octanol–water partition coefficient (Wildman–Crippen LogP) is 5.72. The summed E-state index contributed by atoms with van der Waals surface area (Å²) in [5.74, 6) is 0.0490. The summed E-state index contributed by atoms with van der Waals surface area (Å²) in [7, 11) is 0. The summed E-state index contributed by atoms with van der Waals surface area (Å²) in [4.78, 5) is 15.0. The number of carbonyl (C=O) groups excluding carboxylic acids is 1. The first-order valence-electron chi connectivity index (χ1n) is 9.09. The number of hydrogen-bond donors (Lipinski definition) is 1. The Balaban J connectivity index is 1.81. The van der Waals surface area contributed by atoms with Crippen LogP contribution in [0, 0.1) is 5.82 Å². The van der Waals surface area contributed by atoms with Crippen molar-refractivity contribution in [2.24, 2.45) is 0 Å². The number of carbonyl (C=O) groups is 1. The van der Waals surface area contributed by atoms with Crippen LogP contribution in [0.5, 0.6) is 0 Å². The van der Waals surface area contributed by atoms with Gasteiger partial charge in [0.2, 0.25) is 0 Å². The zero-order chi connectivity index (χ0) is 19.0. The molecule has 0 spiro atoms. The van der Waals surface area contributed by atoms with Gasteiger partial charge in [-0.05, 0) is 53.4 Å². The van der Waals surface area contributed by atoms with Crippen LogP contribution in [0.25, 0.3) is 0 Å². The lowest BCUT2D eigenvalue weighted by Crippen LogP contribution is -2.43. The van der Waals surface area contributed by atoms with Crippen molar-refractivity contribution < 1.29 is 9.18 Å². The predicted molar refractivity (Wildman–Crippen MR) is 107 cm³/mol. The second kappa shape index (κ2) is 6.88. The Morgan fingerprint density at radius 3 is 2.26 bits per heavy atom. The number of nitrogens with zero attached hydrogens (tertiary/aromatic N) is 1. The molecule has 1 N–H and O–H groups in total. The van der Waals surface area contributed by atoms with Gasteiger partial charge >= 0.3 is 0 Å². The molecular formula is C23H21FN2O. The molecule has 1 aliphatic heterocycles. The molecule has 0 bridgehead atoms. The summed E-state index contributed by atoms with van der Waals surface area (Å²) in [6.07, 6.45) is -0.405. The number of benzene rings is 3. The number of anilines is 2. The summed E-state index contributed by atoms with van der Waals surface area (Å²) in [6, 6.07) is 21.8. The summed E-state index contributed by atoms with van der Waals surface area (Å²) in [5.41, 5.74) is 4.26. The highest BCUT2D eigenvalue weighted by Gasteiger charge is 2.33. The van der Waals surface area contributed by atoms with Gasteiger partial charge in [0.1, 0.15) is 12.0 Å². The van der Waals surface area contributed by atoms with E-state index in [2.05, 4.69) is 31.3 Å². The second-order valence-electron chi connectivity index (χ2n) is 7.07. The second-order valence-corrected chi connectivity index (χ2v) is 7.07. The first-order chi connectivity index (χ1) is 13.0. The van der Waals surface area contributed by atoms with Gasteiger partial charge in [-0.3, -0.25) is 9.69 Å². The Labute approximate surface area is 158 Å².